The first kappa shape index (κ1) is 22.3. The molecule has 0 saturated carbocycles. The van der Waals surface area contributed by atoms with Gasteiger partial charge in [-0.2, -0.15) is 0 Å². The Hall–Kier alpha value is -2.93. The first-order valence-electron chi connectivity index (χ1n) is 11.5. The molecule has 0 aliphatic carbocycles. The Labute approximate surface area is 189 Å². The van der Waals surface area contributed by atoms with Gasteiger partial charge < -0.3 is 14.5 Å². The number of morpholine rings is 1. The number of nitro groups is 1. The number of rotatable bonds is 6. The summed E-state index contributed by atoms with van der Waals surface area (Å²) in [6.45, 7) is 5.75. The Balaban J connectivity index is 1.38. The third-order valence-corrected chi connectivity index (χ3v) is 6.63. The minimum atomic E-state index is -0.366. The molecule has 1 amide bonds. The lowest BCUT2D eigenvalue weighted by Crippen LogP contribution is -2.40. The van der Waals surface area contributed by atoms with Crippen LogP contribution in [0.5, 0.6) is 0 Å². The number of ether oxygens (including phenoxy) is 1. The molecular weight excluding hydrogens is 406 g/mol. The normalized spacial score (nSPS) is 17.4. The van der Waals surface area contributed by atoms with E-state index in [0.29, 0.717) is 43.5 Å². The summed E-state index contributed by atoms with van der Waals surface area (Å²) in [5, 5.41) is 11.8. The zero-order valence-electron chi connectivity index (χ0n) is 18.7. The van der Waals surface area contributed by atoms with Gasteiger partial charge in [-0.3, -0.25) is 14.9 Å². The summed E-state index contributed by atoms with van der Waals surface area (Å²) in [7, 11) is 0. The van der Waals surface area contributed by atoms with Gasteiger partial charge >= 0.3 is 0 Å². The van der Waals surface area contributed by atoms with Crippen molar-refractivity contribution in [3.8, 4) is 0 Å². The first-order chi connectivity index (χ1) is 15.5. The predicted molar refractivity (Wildman–Crippen MR) is 124 cm³/mol. The van der Waals surface area contributed by atoms with Crippen molar-refractivity contribution in [1.82, 2.24) is 4.90 Å². The maximum atomic E-state index is 12.7. The van der Waals surface area contributed by atoms with E-state index in [1.165, 1.54) is 17.2 Å². The van der Waals surface area contributed by atoms with E-state index in [9.17, 15) is 14.9 Å². The molecule has 0 aromatic heterocycles. The van der Waals surface area contributed by atoms with Gasteiger partial charge in [0.05, 0.1) is 18.1 Å². The van der Waals surface area contributed by atoms with Crippen molar-refractivity contribution in [2.24, 2.45) is 5.92 Å². The molecule has 2 aromatic rings. The highest BCUT2D eigenvalue weighted by Crippen LogP contribution is 2.33. The molecule has 0 spiro atoms. The summed E-state index contributed by atoms with van der Waals surface area (Å²) in [4.78, 5) is 28.0. The molecule has 2 saturated heterocycles. The van der Waals surface area contributed by atoms with Crippen LogP contribution in [0.3, 0.4) is 0 Å². The Kier molecular flexibility index (Phi) is 7.05. The second-order valence-electron chi connectivity index (χ2n) is 8.82. The van der Waals surface area contributed by atoms with E-state index >= 15 is 0 Å². The summed E-state index contributed by atoms with van der Waals surface area (Å²) >= 11 is 0. The van der Waals surface area contributed by atoms with Crippen molar-refractivity contribution in [2.45, 2.75) is 32.6 Å². The van der Waals surface area contributed by atoms with Gasteiger partial charge in [0.25, 0.3) is 11.6 Å². The summed E-state index contributed by atoms with van der Waals surface area (Å²) < 4.78 is 5.29. The van der Waals surface area contributed by atoms with Crippen molar-refractivity contribution in [3.63, 3.8) is 0 Å². The lowest BCUT2D eigenvalue weighted by Gasteiger charge is -2.33. The molecular formula is C25H31N3O4. The Morgan fingerprint density at radius 1 is 1.06 bits per heavy atom. The van der Waals surface area contributed by atoms with Gasteiger partial charge in [-0.1, -0.05) is 29.8 Å². The number of anilines is 1. The number of nitro benzene ring substituents is 1. The van der Waals surface area contributed by atoms with Crippen LogP contribution in [0, 0.1) is 23.0 Å². The van der Waals surface area contributed by atoms with Crippen molar-refractivity contribution in [1.29, 1.82) is 0 Å². The Morgan fingerprint density at radius 3 is 2.41 bits per heavy atom. The van der Waals surface area contributed by atoms with Crippen LogP contribution in [-0.2, 0) is 11.2 Å². The fourth-order valence-corrected chi connectivity index (χ4v) is 4.61. The highest BCUT2D eigenvalue weighted by Gasteiger charge is 2.27. The van der Waals surface area contributed by atoms with E-state index in [4.69, 9.17) is 4.74 Å². The molecule has 7 nitrogen and oxygen atoms in total. The number of hydrogen-bond acceptors (Lipinski definition) is 5. The number of benzene rings is 2. The minimum absolute atomic E-state index is 0.0159. The first-order valence-corrected chi connectivity index (χ1v) is 11.5. The maximum absolute atomic E-state index is 12.7. The van der Waals surface area contributed by atoms with Gasteiger partial charge in [0.15, 0.2) is 0 Å². The number of nitrogens with zero attached hydrogens (tertiary/aromatic N) is 3. The average molecular weight is 438 g/mol. The maximum Gasteiger partial charge on any atom is 0.293 e. The third kappa shape index (κ3) is 5.27. The fraction of sp³-hybridized carbons (Fsp3) is 0.480. The molecule has 0 N–H and O–H groups in total. The second kappa shape index (κ2) is 10.1. The zero-order chi connectivity index (χ0) is 22.5. The molecule has 170 valence electrons. The predicted octanol–water partition coefficient (Wildman–Crippen LogP) is 4.22. The third-order valence-electron chi connectivity index (χ3n) is 6.63. The number of hydrogen-bond donors (Lipinski definition) is 0. The molecule has 2 aliphatic rings. The van der Waals surface area contributed by atoms with Crippen LogP contribution in [-0.4, -0.2) is 55.1 Å². The Bertz CT molecular complexity index is 946. The van der Waals surface area contributed by atoms with Gasteiger partial charge in [0.2, 0.25) is 0 Å². The number of piperidine rings is 1. The largest absolute Gasteiger partial charge is 0.378 e. The van der Waals surface area contributed by atoms with Gasteiger partial charge in [-0.05, 0) is 56.2 Å². The molecule has 32 heavy (non-hydrogen) atoms. The van der Waals surface area contributed by atoms with E-state index < -0.39 is 0 Å². The lowest BCUT2D eigenvalue weighted by molar-refractivity contribution is -0.384. The van der Waals surface area contributed by atoms with E-state index in [-0.39, 0.29) is 16.5 Å². The standard InChI is InChI=1S/C25H31N3O4/c1-19-2-4-20(5-3-19)6-7-21-10-12-26(13-11-21)23-9-8-22(18-24(23)28(30)31)25(29)27-14-16-32-17-15-27/h2-5,8-9,18,21H,6-7,10-17H2,1H3. The smallest absolute Gasteiger partial charge is 0.293 e. The highest BCUT2D eigenvalue weighted by atomic mass is 16.6. The van der Waals surface area contributed by atoms with Crippen molar-refractivity contribution >= 4 is 17.3 Å². The molecule has 0 radical (unpaired) electrons. The molecule has 2 fully saturated rings. The summed E-state index contributed by atoms with van der Waals surface area (Å²) in [6, 6.07) is 13.6. The molecule has 2 heterocycles. The minimum Gasteiger partial charge on any atom is -0.378 e. The summed E-state index contributed by atoms with van der Waals surface area (Å²) in [5.74, 6) is 0.464. The quantitative estimate of drug-likeness (QED) is 0.499. The molecule has 2 aromatic carbocycles. The van der Waals surface area contributed by atoms with E-state index in [0.717, 1.165) is 38.8 Å². The number of carbonyl (C=O) groups is 1. The van der Waals surface area contributed by atoms with E-state index in [2.05, 4.69) is 36.1 Å². The number of aryl methyl sites for hydroxylation is 2. The van der Waals surface area contributed by atoms with Crippen LogP contribution in [0.4, 0.5) is 11.4 Å². The molecule has 0 atom stereocenters. The van der Waals surface area contributed by atoms with Crippen LogP contribution in [0.2, 0.25) is 0 Å². The molecule has 2 aliphatic heterocycles. The average Bonchev–Trinajstić information content (AvgIpc) is 2.84. The number of amides is 1. The zero-order valence-corrected chi connectivity index (χ0v) is 18.7. The summed E-state index contributed by atoms with van der Waals surface area (Å²) in [6.07, 6.45) is 4.27. The number of carbonyl (C=O) groups excluding carboxylic acids is 1. The van der Waals surface area contributed by atoms with Gasteiger partial charge in [-0.25, -0.2) is 0 Å². The molecule has 4 rings (SSSR count). The molecule has 0 unspecified atom stereocenters. The van der Waals surface area contributed by atoms with Crippen molar-refractivity contribution in [3.05, 3.63) is 69.3 Å². The van der Waals surface area contributed by atoms with Gasteiger partial charge in [0, 0.05) is 37.8 Å². The van der Waals surface area contributed by atoms with Gasteiger partial charge in [-0.15, -0.1) is 0 Å². The highest BCUT2D eigenvalue weighted by molar-refractivity contribution is 5.96. The van der Waals surface area contributed by atoms with E-state index in [1.54, 1.807) is 17.0 Å². The second-order valence-corrected chi connectivity index (χ2v) is 8.82. The molecule has 7 heteroatoms. The molecule has 0 bridgehead atoms. The van der Waals surface area contributed by atoms with Crippen LogP contribution >= 0.6 is 0 Å². The van der Waals surface area contributed by atoms with Gasteiger partial charge in [0.1, 0.15) is 5.69 Å². The fourth-order valence-electron chi connectivity index (χ4n) is 4.61. The summed E-state index contributed by atoms with van der Waals surface area (Å²) in [5.41, 5.74) is 3.65. The van der Waals surface area contributed by atoms with Crippen LogP contribution in [0.15, 0.2) is 42.5 Å². The topological polar surface area (TPSA) is 75.9 Å². The van der Waals surface area contributed by atoms with Crippen LogP contribution < -0.4 is 4.90 Å². The SMILES string of the molecule is Cc1ccc(CCC2CCN(c3ccc(C(=O)N4CCOCC4)cc3[N+](=O)[O-])CC2)cc1. The van der Waals surface area contributed by atoms with Crippen LogP contribution in [0.1, 0.15) is 40.7 Å². The monoisotopic (exact) mass is 437 g/mol. The lowest BCUT2D eigenvalue weighted by atomic mass is 9.90. The van der Waals surface area contributed by atoms with Crippen LogP contribution in [0.25, 0.3) is 0 Å². The van der Waals surface area contributed by atoms with E-state index in [1.807, 2.05) is 0 Å². The van der Waals surface area contributed by atoms with Crippen molar-refractivity contribution in [2.75, 3.05) is 44.3 Å². The van der Waals surface area contributed by atoms with Crippen molar-refractivity contribution < 1.29 is 14.5 Å². The Morgan fingerprint density at radius 2 is 1.75 bits per heavy atom.